The number of anilines is 1. The standard InChI is InChI=1S/C21H34N6O/c1-26(2)20(28)15-24-21(23-14-17-8-4-3-5-9-17)25-18-11-13-27(16-18)19-10-6-7-12-22-19/h6-7,10,12,17-18H,3-5,8-9,11,13-16H2,1-2H3,(H2,23,24,25). The third-order valence-corrected chi connectivity index (χ3v) is 5.66. The minimum Gasteiger partial charge on any atom is -0.356 e. The van der Waals surface area contributed by atoms with Crippen molar-refractivity contribution in [1.82, 2.24) is 20.5 Å². The van der Waals surface area contributed by atoms with Gasteiger partial charge in [-0.2, -0.15) is 0 Å². The van der Waals surface area contributed by atoms with E-state index >= 15 is 0 Å². The summed E-state index contributed by atoms with van der Waals surface area (Å²) in [7, 11) is 3.53. The number of hydrogen-bond acceptors (Lipinski definition) is 4. The summed E-state index contributed by atoms with van der Waals surface area (Å²) in [6.45, 7) is 2.96. The number of nitrogens with one attached hydrogen (secondary N) is 2. The van der Waals surface area contributed by atoms with Gasteiger partial charge in [-0.25, -0.2) is 9.98 Å². The molecule has 2 aliphatic rings. The van der Waals surface area contributed by atoms with Crippen LogP contribution in [0, 0.1) is 5.92 Å². The molecule has 154 valence electrons. The van der Waals surface area contributed by atoms with E-state index in [1.807, 2.05) is 18.3 Å². The molecule has 1 saturated carbocycles. The van der Waals surface area contributed by atoms with Crippen molar-refractivity contribution >= 4 is 17.7 Å². The Hall–Kier alpha value is -2.31. The molecule has 1 saturated heterocycles. The molecule has 1 aliphatic carbocycles. The number of carbonyl (C=O) groups is 1. The topological polar surface area (TPSA) is 72.9 Å². The summed E-state index contributed by atoms with van der Waals surface area (Å²) in [5.74, 6) is 2.50. The van der Waals surface area contributed by atoms with Gasteiger partial charge in [0.05, 0.1) is 0 Å². The van der Waals surface area contributed by atoms with Crippen molar-refractivity contribution in [2.75, 3.05) is 45.2 Å². The molecule has 0 spiro atoms. The number of amides is 1. The van der Waals surface area contributed by atoms with Crippen LogP contribution in [0.5, 0.6) is 0 Å². The fraction of sp³-hybridized carbons (Fsp3) is 0.667. The van der Waals surface area contributed by atoms with Crippen LogP contribution in [0.1, 0.15) is 38.5 Å². The van der Waals surface area contributed by atoms with E-state index in [0.717, 1.165) is 37.8 Å². The van der Waals surface area contributed by atoms with Crippen LogP contribution in [0.2, 0.25) is 0 Å². The van der Waals surface area contributed by atoms with E-state index in [1.165, 1.54) is 32.1 Å². The zero-order valence-electron chi connectivity index (χ0n) is 17.2. The number of likely N-dealkylation sites (N-methyl/N-ethyl adjacent to an activating group) is 1. The molecule has 2 fully saturated rings. The van der Waals surface area contributed by atoms with Gasteiger partial charge < -0.3 is 20.4 Å². The van der Waals surface area contributed by atoms with E-state index in [4.69, 9.17) is 0 Å². The van der Waals surface area contributed by atoms with Gasteiger partial charge >= 0.3 is 0 Å². The average Bonchev–Trinajstić information content (AvgIpc) is 3.19. The normalized spacial score (nSPS) is 20.9. The number of carbonyl (C=O) groups excluding carboxylic acids is 1. The summed E-state index contributed by atoms with van der Waals surface area (Å²) in [6.07, 6.45) is 9.45. The Kier molecular flexibility index (Phi) is 7.51. The summed E-state index contributed by atoms with van der Waals surface area (Å²) in [5.41, 5.74) is 0. The van der Waals surface area contributed by atoms with Crippen molar-refractivity contribution in [3.63, 3.8) is 0 Å². The predicted molar refractivity (Wildman–Crippen MR) is 114 cm³/mol. The van der Waals surface area contributed by atoms with Crippen LogP contribution in [0.3, 0.4) is 0 Å². The molecule has 0 radical (unpaired) electrons. The zero-order valence-corrected chi connectivity index (χ0v) is 17.2. The van der Waals surface area contributed by atoms with Gasteiger partial charge in [-0.15, -0.1) is 0 Å². The molecule has 1 aromatic heterocycles. The first kappa shape index (κ1) is 20.4. The van der Waals surface area contributed by atoms with Crippen molar-refractivity contribution in [1.29, 1.82) is 0 Å². The number of nitrogens with zero attached hydrogens (tertiary/aromatic N) is 4. The van der Waals surface area contributed by atoms with Crippen molar-refractivity contribution in [3.8, 4) is 0 Å². The van der Waals surface area contributed by atoms with E-state index in [9.17, 15) is 4.79 Å². The molecule has 7 heteroatoms. The summed E-state index contributed by atoms with van der Waals surface area (Å²) in [5, 5.41) is 7.05. The van der Waals surface area contributed by atoms with Crippen LogP contribution >= 0.6 is 0 Å². The van der Waals surface area contributed by atoms with Gasteiger partial charge in [0.2, 0.25) is 5.91 Å². The highest BCUT2D eigenvalue weighted by molar-refractivity contribution is 5.85. The predicted octanol–water partition coefficient (Wildman–Crippen LogP) is 1.86. The number of guanidine groups is 1. The molecule has 7 nitrogen and oxygen atoms in total. The fourth-order valence-electron chi connectivity index (χ4n) is 3.89. The van der Waals surface area contributed by atoms with Crippen LogP contribution in [-0.4, -0.2) is 68.1 Å². The molecule has 1 aromatic rings. The first-order valence-electron chi connectivity index (χ1n) is 10.5. The lowest BCUT2D eigenvalue weighted by molar-refractivity contribution is -0.127. The molecule has 1 amide bonds. The Labute approximate surface area is 168 Å². The highest BCUT2D eigenvalue weighted by Crippen LogP contribution is 2.22. The van der Waals surface area contributed by atoms with Gasteiger partial charge in [-0.05, 0) is 37.3 Å². The van der Waals surface area contributed by atoms with Crippen LogP contribution < -0.4 is 15.5 Å². The third kappa shape index (κ3) is 6.11. The Morgan fingerprint density at radius 1 is 1.25 bits per heavy atom. The molecule has 1 aliphatic heterocycles. The summed E-state index contributed by atoms with van der Waals surface area (Å²) >= 11 is 0. The lowest BCUT2D eigenvalue weighted by Gasteiger charge is -2.24. The Morgan fingerprint density at radius 2 is 2.07 bits per heavy atom. The van der Waals surface area contributed by atoms with Crippen molar-refractivity contribution < 1.29 is 4.79 Å². The van der Waals surface area contributed by atoms with Crippen molar-refractivity contribution in [2.24, 2.45) is 10.9 Å². The highest BCUT2D eigenvalue weighted by atomic mass is 16.2. The molecule has 28 heavy (non-hydrogen) atoms. The maximum Gasteiger partial charge on any atom is 0.243 e. The number of rotatable bonds is 6. The van der Waals surface area contributed by atoms with Gasteiger partial charge in [0.1, 0.15) is 12.4 Å². The second kappa shape index (κ2) is 10.3. The summed E-state index contributed by atoms with van der Waals surface area (Å²) < 4.78 is 0. The van der Waals surface area contributed by atoms with Gasteiger partial charge in [0, 0.05) is 46.0 Å². The van der Waals surface area contributed by atoms with Gasteiger partial charge in [-0.1, -0.05) is 25.3 Å². The van der Waals surface area contributed by atoms with Gasteiger partial charge in [0.25, 0.3) is 0 Å². The van der Waals surface area contributed by atoms with Crippen LogP contribution in [0.15, 0.2) is 29.4 Å². The van der Waals surface area contributed by atoms with Crippen molar-refractivity contribution in [2.45, 2.75) is 44.6 Å². The van der Waals surface area contributed by atoms with Gasteiger partial charge in [0.15, 0.2) is 5.96 Å². The number of aliphatic imine (C=N–C) groups is 1. The van der Waals surface area contributed by atoms with Crippen LogP contribution in [0.4, 0.5) is 5.82 Å². The SMILES string of the molecule is CN(C)C(=O)CN=C(NCC1CCCCC1)NC1CCN(c2ccccn2)C1. The van der Waals surface area contributed by atoms with E-state index < -0.39 is 0 Å². The molecular formula is C21H34N6O. The number of pyridine rings is 1. The smallest absolute Gasteiger partial charge is 0.243 e. The quantitative estimate of drug-likeness (QED) is 0.577. The van der Waals surface area contributed by atoms with Crippen molar-refractivity contribution in [3.05, 3.63) is 24.4 Å². The lowest BCUT2D eigenvalue weighted by atomic mass is 9.89. The minimum absolute atomic E-state index is 0.0142. The zero-order chi connectivity index (χ0) is 19.8. The molecule has 0 aromatic carbocycles. The molecule has 1 atom stereocenters. The monoisotopic (exact) mass is 386 g/mol. The fourth-order valence-corrected chi connectivity index (χ4v) is 3.89. The van der Waals surface area contributed by atoms with E-state index in [2.05, 4.69) is 31.6 Å². The minimum atomic E-state index is 0.0142. The first-order chi connectivity index (χ1) is 13.6. The average molecular weight is 387 g/mol. The molecular weight excluding hydrogens is 352 g/mol. The first-order valence-corrected chi connectivity index (χ1v) is 10.5. The maximum atomic E-state index is 12.0. The molecule has 2 heterocycles. The summed E-state index contributed by atoms with van der Waals surface area (Å²) in [4.78, 5) is 24.9. The second-order valence-corrected chi connectivity index (χ2v) is 8.10. The summed E-state index contributed by atoms with van der Waals surface area (Å²) in [6, 6.07) is 6.31. The van der Waals surface area contributed by atoms with Gasteiger partial charge in [-0.3, -0.25) is 4.79 Å². The maximum absolute atomic E-state index is 12.0. The second-order valence-electron chi connectivity index (χ2n) is 8.10. The molecule has 2 N–H and O–H groups in total. The van der Waals surface area contributed by atoms with E-state index in [-0.39, 0.29) is 12.5 Å². The van der Waals surface area contributed by atoms with Crippen LogP contribution in [0.25, 0.3) is 0 Å². The third-order valence-electron chi connectivity index (χ3n) is 5.66. The number of hydrogen-bond donors (Lipinski definition) is 2. The Morgan fingerprint density at radius 3 is 2.79 bits per heavy atom. The molecule has 1 unspecified atom stereocenters. The molecule has 3 rings (SSSR count). The Balaban J connectivity index is 1.56. The van der Waals surface area contributed by atoms with E-state index in [0.29, 0.717) is 12.0 Å². The largest absolute Gasteiger partial charge is 0.356 e. The molecule has 0 bridgehead atoms. The lowest BCUT2D eigenvalue weighted by Crippen LogP contribution is -2.46. The van der Waals surface area contributed by atoms with E-state index in [1.54, 1.807) is 19.0 Å². The Bertz CT molecular complexity index is 642. The highest BCUT2D eigenvalue weighted by Gasteiger charge is 2.24. The van der Waals surface area contributed by atoms with Crippen LogP contribution in [-0.2, 0) is 4.79 Å². The number of aromatic nitrogens is 1.